The Balaban J connectivity index is 1.20. The molecule has 6 atom stereocenters. The molecule has 0 spiro atoms. The minimum absolute atomic E-state index is 0.107. The molecule has 2 amide bonds. The first-order valence-electron chi connectivity index (χ1n) is 17.8. The van der Waals surface area contributed by atoms with Crippen molar-refractivity contribution in [2.75, 3.05) is 37.1 Å². The number of nitrogens with one attached hydrogen (secondary N) is 2. The van der Waals surface area contributed by atoms with Gasteiger partial charge < -0.3 is 38.6 Å². The third kappa shape index (κ3) is 11.4. The van der Waals surface area contributed by atoms with Crippen LogP contribution >= 0.6 is 0 Å². The summed E-state index contributed by atoms with van der Waals surface area (Å²) >= 11 is 0. The Labute approximate surface area is 320 Å². The number of carbonyl (C=O) groups is 4. The van der Waals surface area contributed by atoms with Crippen LogP contribution in [0.4, 0.5) is 38.8 Å². The smallest absolute Gasteiger partial charge is 0.412 e. The second-order valence-corrected chi connectivity index (χ2v) is 12.7. The lowest BCUT2D eigenvalue weighted by molar-refractivity contribution is -0.152. The molecule has 4 N–H and O–H groups in total. The summed E-state index contributed by atoms with van der Waals surface area (Å²) in [5, 5.41) is 24.7. The standard InChI is InChI=1S/C33H42F4N6O14/c1-3-5-14-52-30(50)40-20-10-12-42(28(48)38-20)26-32(34,35)24(46)18(56-26)16-54-22(44)8-7-9-23(45)55-17-19-25(47)33(36,37)27(57-19)43-13-11-21(39-29(43)49)41-31(51)53-15-6-4-2/h10-13,18-19,24-27,46-47H,3-9,14-17H2,1-2H3,(H,38,40,48,50)(H,39,41,49,51)/t18-,19-,24-,25-,26-,27+/m1/s1. The van der Waals surface area contributed by atoms with Crippen LogP contribution in [-0.2, 0) is 38.0 Å². The zero-order valence-corrected chi connectivity index (χ0v) is 30.6. The van der Waals surface area contributed by atoms with Gasteiger partial charge in [-0.2, -0.15) is 27.5 Å². The summed E-state index contributed by atoms with van der Waals surface area (Å²) in [4.78, 5) is 80.1. The molecule has 4 heterocycles. The Kier molecular flexibility index (Phi) is 15.5. The second kappa shape index (κ2) is 19.8. The number of ether oxygens (including phenoxy) is 6. The lowest BCUT2D eigenvalue weighted by Gasteiger charge is -2.21. The number of rotatable bonds is 18. The quantitative estimate of drug-likeness (QED) is 0.0728. The molecule has 57 heavy (non-hydrogen) atoms. The Morgan fingerprint density at radius 1 is 0.702 bits per heavy atom. The molecule has 0 radical (unpaired) electrons. The molecule has 2 aromatic rings. The van der Waals surface area contributed by atoms with E-state index in [1.54, 1.807) is 0 Å². The maximum Gasteiger partial charge on any atom is 0.412 e. The van der Waals surface area contributed by atoms with Gasteiger partial charge in [0.1, 0.15) is 37.1 Å². The number of amides is 2. The van der Waals surface area contributed by atoms with Crippen LogP contribution in [0.5, 0.6) is 0 Å². The largest absolute Gasteiger partial charge is 0.463 e. The molecule has 0 saturated carbocycles. The van der Waals surface area contributed by atoms with Crippen molar-refractivity contribution in [2.45, 2.75) is 108 Å². The first-order valence-corrected chi connectivity index (χ1v) is 17.8. The Bertz CT molecular complexity index is 1720. The zero-order chi connectivity index (χ0) is 41.9. The number of hydrogen-bond donors (Lipinski definition) is 4. The van der Waals surface area contributed by atoms with Crippen LogP contribution in [0.1, 0.15) is 71.2 Å². The number of halogens is 4. The normalized spacial score (nSPS) is 23.4. The van der Waals surface area contributed by atoms with E-state index in [1.165, 1.54) is 0 Å². The Morgan fingerprint density at radius 3 is 1.44 bits per heavy atom. The number of aromatic nitrogens is 4. The van der Waals surface area contributed by atoms with Crippen molar-refractivity contribution in [2.24, 2.45) is 0 Å². The van der Waals surface area contributed by atoms with Crippen LogP contribution in [0.25, 0.3) is 0 Å². The van der Waals surface area contributed by atoms with Crippen LogP contribution in [0.3, 0.4) is 0 Å². The first kappa shape index (κ1) is 44.5. The van der Waals surface area contributed by atoms with Crippen molar-refractivity contribution >= 4 is 35.8 Å². The fraction of sp³-hybridized carbons (Fsp3) is 0.636. The predicted molar refractivity (Wildman–Crippen MR) is 182 cm³/mol. The van der Waals surface area contributed by atoms with E-state index in [1.807, 2.05) is 13.8 Å². The molecule has 24 heteroatoms. The van der Waals surface area contributed by atoms with E-state index >= 15 is 0 Å². The molecule has 0 aliphatic carbocycles. The SMILES string of the molecule is CCCCOC(=O)Nc1ccn([C@H]2O[C@H](COC(=O)CCCC(=O)OC[C@H]3O[C@@H](n4ccc(NC(=O)OCCCC)nc4=O)C(F)(F)[C@@H]3O)[C@@H](O)C2(F)F)c(=O)n1. The summed E-state index contributed by atoms with van der Waals surface area (Å²) in [6.45, 7) is 2.21. The minimum atomic E-state index is -4.05. The highest BCUT2D eigenvalue weighted by molar-refractivity contribution is 5.83. The Morgan fingerprint density at radius 2 is 1.09 bits per heavy atom. The van der Waals surface area contributed by atoms with Crippen molar-refractivity contribution in [3.05, 3.63) is 45.5 Å². The van der Waals surface area contributed by atoms with Gasteiger partial charge in [-0.25, -0.2) is 19.2 Å². The molecule has 0 bridgehead atoms. The number of nitrogens with zero attached hydrogens (tertiary/aromatic N) is 4. The molecule has 4 rings (SSSR count). The number of anilines is 2. The molecule has 2 aliphatic rings. The van der Waals surface area contributed by atoms with Crippen molar-refractivity contribution in [1.82, 2.24) is 19.1 Å². The van der Waals surface area contributed by atoms with Crippen molar-refractivity contribution < 1.29 is 75.4 Å². The minimum Gasteiger partial charge on any atom is -0.463 e. The van der Waals surface area contributed by atoms with E-state index in [0.29, 0.717) is 22.0 Å². The second-order valence-electron chi connectivity index (χ2n) is 12.7. The summed E-state index contributed by atoms with van der Waals surface area (Å²) in [5.41, 5.74) is -2.53. The lowest BCUT2D eigenvalue weighted by atomic mass is 10.1. The van der Waals surface area contributed by atoms with Gasteiger partial charge in [0.2, 0.25) is 12.5 Å². The van der Waals surface area contributed by atoms with E-state index in [4.69, 9.17) is 28.4 Å². The molecule has 2 fully saturated rings. The van der Waals surface area contributed by atoms with Crippen molar-refractivity contribution in [3.63, 3.8) is 0 Å². The highest BCUT2D eigenvalue weighted by atomic mass is 19.3. The van der Waals surface area contributed by atoms with Gasteiger partial charge in [-0.3, -0.25) is 29.4 Å². The third-order valence-corrected chi connectivity index (χ3v) is 8.43. The van der Waals surface area contributed by atoms with Gasteiger partial charge in [-0.15, -0.1) is 0 Å². The van der Waals surface area contributed by atoms with Crippen molar-refractivity contribution in [3.8, 4) is 0 Å². The fourth-order valence-electron chi connectivity index (χ4n) is 5.31. The van der Waals surface area contributed by atoms with Gasteiger partial charge in [0.25, 0.3) is 0 Å². The number of carbonyl (C=O) groups excluding carboxylic acids is 4. The summed E-state index contributed by atoms with van der Waals surface area (Å²) in [6.07, 6.45) is -11.9. The van der Waals surface area contributed by atoms with E-state index < -0.39 is 110 Å². The number of aliphatic hydroxyl groups excluding tert-OH is 2. The highest BCUT2D eigenvalue weighted by Crippen LogP contribution is 2.43. The zero-order valence-electron chi connectivity index (χ0n) is 30.6. The molecule has 2 saturated heterocycles. The van der Waals surface area contributed by atoms with Gasteiger partial charge in [-0.05, 0) is 31.4 Å². The van der Waals surface area contributed by atoms with Gasteiger partial charge in [0.05, 0.1) is 13.2 Å². The molecule has 2 aromatic heterocycles. The highest BCUT2D eigenvalue weighted by Gasteiger charge is 2.61. The molecular weight excluding hydrogens is 780 g/mol. The summed E-state index contributed by atoms with van der Waals surface area (Å²) in [7, 11) is 0. The molecular formula is C33H42F4N6O14. The number of hydrogen-bond acceptors (Lipinski definition) is 16. The van der Waals surface area contributed by atoms with E-state index in [2.05, 4.69) is 20.6 Å². The van der Waals surface area contributed by atoms with Gasteiger partial charge in [0.15, 0.2) is 12.2 Å². The summed E-state index contributed by atoms with van der Waals surface area (Å²) in [6, 6.07) is 2.05. The van der Waals surface area contributed by atoms with E-state index in [0.717, 1.165) is 37.4 Å². The Hall–Kier alpha value is -5.20. The summed E-state index contributed by atoms with van der Waals surface area (Å²) < 4.78 is 90.4. The van der Waals surface area contributed by atoms with Gasteiger partial charge >= 0.3 is 47.3 Å². The van der Waals surface area contributed by atoms with Crippen LogP contribution in [0, 0.1) is 0 Å². The van der Waals surface area contributed by atoms with Crippen LogP contribution in [0.2, 0.25) is 0 Å². The molecule has 20 nitrogen and oxygen atoms in total. The third-order valence-electron chi connectivity index (χ3n) is 8.43. The molecule has 2 aliphatic heterocycles. The maximum absolute atomic E-state index is 14.9. The number of esters is 2. The molecule has 0 aromatic carbocycles. The van der Waals surface area contributed by atoms with Crippen LogP contribution in [0.15, 0.2) is 34.1 Å². The molecule has 316 valence electrons. The molecule has 0 unspecified atom stereocenters. The average molecular weight is 823 g/mol. The summed E-state index contributed by atoms with van der Waals surface area (Å²) in [5.74, 6) is -10.7. The number of aliphatic hydroxyl groups is 2. The maximum atomic E-state index is 14.9. The van der Waals surface area contributed by atoms with Gasteiger partial charge in [-0.1, -0.05) is 26.7 Å². The van der Waals surface area contributed by atoms with Crippen molar-refractivity contribution in [1.29, 1.82) is 0 Å². The van der Waals surface area contributed by atoms with Crippen LogP contribution in [-0.4, -0.2) is 116 Å². The first-order chi connectivity index (χ1) is 27.0. The van der Waals surface area contributed by atoms with Crippen LogP contribution < -0.4 is 22.0 Å². The number of alkyl halides is 4. The monoisotopic (exact) mass is 822 g/mol. The van der Waals surface area contributed by atoms with E-state index in [9.17, 15) is 56.5 Å². The van der Waals surface area contributed by atoms with E-state index in [-0.39, 0.29) is 31.3 Å². The lowest BCUT2D eigenvalue weighted by Crippen LogP contribution is -2.42. The number of unbranched alkanes of at least 4 members (excludes halogenated alkanes) is 2. The predicted octanol–water partition coefficient (Wildman–Crippen LogP) is 2.24. The average Bonchev–Trinajstić information content (AvgIpc) is 3.51. The van der Waals surface area contributed by atoms with Gasteiger partial charge in [0, 0.05) is 25.2 Å². The topological polar surface area (TPSA) is 258 Å². The fourth-order valence-corrected chi connectivity index (χ4v) is 5.31.